The Balaban J connectivity index is 1.58. The number of carbonyl (C=O) groups excluding carboxylic acids is 1. The van der Waals surface area contributed by atoms with Crippen LogP contribution >= 0.6 is 22.7 Å². The summed E-state index contributed by atoms with van der Waals surface area (Å²) in [6.45, 7) is 0.338. The zero-order valence-electron chi connectivity index (χ0n) is 14.6. The van der Waals surface area contributed by atoms with Crippen molar-refractivity contribution < 1.29 is 13.2 Å². The van der Waals surface area contributed by atoms with E-state index in [9.17, 15) is 18.5 Å². The first kappa shape index (κ1) is 18.6. The van der Waals surface area contributed by atoms with Crippen LogP contribution in [-0.4, -0.2) is 31.2 Å². The van der Waals surface area contributed by atoms with Crippen LogP contribution in [0.15, 0.2) is 21.7 Å². The predicted octanol–water partition coefficient (Wildman–Crippen LogP) is 3.35. The summed E-state index contributed by atoms with van der Waals surface area (Å²) in [6, 6.07) is 4.75. The third-order valence-electron chi connectivity index (χ3n) is 5.08. The molecular formula is C18H19N3O3S3. The Bertz CT molecular complexity index is 1000. The fourth-order valence-electron chi connectivity index (χ4n) is 3.78. The van der Waals surface area contributed by atoms with Crippen LogP contribution in [0.1, 0.15) is 41.7 Å². The Morgan fingerprint density at radius 1 is 1.30 bits per heavy atom. The average molecular weight is 422 g/mol. The van der Waals surface area contributed by atoms with Crippen molar-refractivity contribution in [2.24, 2.45) is 0 Å². The molecule has 1 aliphatic heterocycles. The molecule has 1 N–H and O–H groups in total. The molecular weight excluding hydrogens is 402 g/mol. The van der Waals surface area contributed by atoms with Gasteiger partial charge in [-0.3, -0.25) is 4.79 Å². The summed E-state index contributed by atoms with van der Waals surface area (Å²) >= 11 is 2.62. The van der Waals surface area contributed by atoms with Gasteiger partial charge in [0.05, 0.1) is 5.56 Å². The Hall–Kier alpha value is -1.73. The lowest BCUT2D eigenvalue weighted by atomic mass is 9.96. The summed E-state index contributed by atoms with van der Waals surface area (Å²) in [5.74, 6) is -0.345. The van der Waals surface area contributed by atoms with Crippen molar-refractivity contribution >= 4 is 43.6 Å². The number of hydrogen-bond acceptors (Lipinski definition) is 6. The van der Waals surface area contributed by atoms with Gasteiger partial charge in [-0.05, 0) is 55.5 Å². The van der Waals surface area contributed by atoms with Crippen LogP contribution in [0.2, 0.25) is 0 Å². The molecule has 2 aromatic rings. The molecule has 4 rings (SSSR count). The molecule has 1 saturated heterocycles. The number of hydrogen-bond donors (Lipinski definition) is 1. The van der Waals surface area contributed by atoms with Crippen LogP contribution in [0.5, 0.6) is 0 Å². The van der Waals surface area contributed by atoms with E-state index in [2.05, 4.69) is 11.4 Å². The van der Waals surface area contributed by atoms with Crippen molar-refractivity contribution in [1.82, 2.24) is 4.31 Å². The summed E-state index contributed by atoms with van der Waals surface area (Å²) in [5, 5.41) is 14.7. The zero-order valence-corrected chi connectivity index (χ0v) is 17.1. The second-order valence-corrected chi connectivity index (χ2v) is 10.9. The molecule has 3 heterocycles. The minimum atomic E-state index is -3.67. The van der Waals surface area contributed by atoms with Gasteiger partial charge in [-0.25, -0.2) is 8.42 Å². The third-order valence-corrected chi connectivity index (χ3v) is 9.57. The highest BCUT2D eigenvalue weighted by molar-refractivity contribution is 7.91. The van der Waals surface area contributed by atoms with Gasteiger partial charge < -0.3 is 5.32 Å². The zero-order chi connectivity index (χ0) is 19.0. The highest BCUT2D eigenvalue weighted by Crippen LogP contribution is 2.38. The Kier molecular flexibility index (Phi) is 5.07. The minimum absolute atomic E-state index is 0.256. The quantitative estimate of drug-likeness (QED) is 0.820. The van der Waals surface area contributed by atoms with Crippen LogP contribution in [0.4, 0.5) is 5.00 Å². The Morgan fingerprint density at radius 2 is 2.11 bits per heavy atom. The van der Waals surface area contributed by atoms with Crippen LogP contribution in [0, 0.1) is 11.3 Å². The lowest BCUT2D eigenvalue weighted by molar-refractivity contribution is -0.119. The lowest BCUT2D eigenvalue weighted by Gasteiger charge is -2.22. The number of amides is 1. The Labute approximate surface area is 166 Å². The third kappa shape index (κ3) is 3.31. The number of nitrogens with zero attached hydrogens (tertiary/aromatic N) is 2. The number of nitrogens with one attached hydrogen (secondary N) is 1. The van der Waals surface area contributed by atoms with Gasteiger partial charge in [0.1, 0.15) is 21.3 Å². The topological polar surface area (TPSA) is 90.3 Å². The molecule has 1 atom stereocenters. The molecule has 0 spiro atoms. The van der Waals surface area contributed by atoms with Crippen LogP contribution in [-0.2, 0) is 27.7 Å². The molecule has 2 aromatic heterocycles. The molecule has 27 heavy (non-hydrogen) atoms. The first-order valence-electron chi connectivity index (χ1n) is 8.93. The molecule has 1 aliphatic carbocycles. The van der Waals surface area contributed by atoms with Gasteiger partial charge in [0, 0.05) is 11.4 Å². The fraction of sp³-hybridized carbons (Fsp3) is 0.444. The van der Waals surface area contributed by atoms with Crippen molar-refractivity contribution in [2.75, 3.05) is 11.9 Å². The molecule has 1 unspecified atom stereocenters. The van der Waals surface area contributed by atoms with Crippen LogP contribution in [0.25, 0.3) is 0 Å². The van der Waals surface area contributed by atoms with Crippen LogP contribution in [0.3, 0.4) is 0 Å². The van der Waals surface area contributed by atoms with E-state index in [1.165, 1.54) is 20.5 Å². The predicted molar refractivity (Wildman–Crippen MR) is 106 cm³/mol. The van der Waals surface area contributed by atoms with E-state index in [-0.39, 0.29) is 10.1 Å². The number of nitriles is 1. The molecule has 0 bridgehead atoms. The van der Waals surface area contributed by atoms with E-state index in [0.29, 0.717) is 30.0 Å². The van der Waals surface area contributed by atoms with Crippen molar-refractivity contribution in [3.63, 3.8) is 0 Å². The van der Waals surface area contributed by atoms with Gasteiger partial charge in [-0.15, -0.1) is 22.7 Å². The first-order chi connectivity index (χ1) is 13.0. The van der Waals surface area contributed by atoms with Gasteiger partial charge in [-0.2, -0.15) is 9.57 Å². The molecule has 142 valence electrons. The summed E-state index contributed by atoms with van der Waals surface area (Å²) in [4.78, 5) is 14.1. The van der Waals surface area contributed by atoms with E-state index < -0.39 is 16.1 Å². The molecule has 2 aliphatic rings. The SMILES string of the molecule is N#Cc1c(NC(=O)C2CCCN2S(=O)(=O)c2cccs2)sc2c1CCCC2. The minimum Gasteiger partial charge on any atom is -0.315 e. The maximum atomic E-state index is 12.9. The second-order valence-electron chi connectivity index (χ2n) is 6.72. The maximum absolute atomic E-state index is 12.9. The van der Waals surface area contributed by atoms with Crippen molar-refractivity contribution in [2.45, 2.75) is 48.8 Å². The number of thiophene rings is 2. The molecule has 1 fully saturated rings. The largest absolute Gasteiger partial charge is 0.315 e. The smallest absolute Gasteiger partial charge is 0.253 e. The number of rotatable bonds is 4. The van der Waals surface area contributed by atoms with Crippen LogP contribution < -0.4 is 5.32 Å². The number of carbonyl (C=O) groups is 1. The van der Waals surface area contributed by atoms with Crippen molar-refractivity contribution in [3.05, 3.63) is 33.5 Å². The molecule has 9 heteroatoms. The normalized spacial score (nSPS) is 20.2. The van der Waals surface area contributed by atoms with Gasteiger partial charge >= 0.3 is 0 Å². The summed E-state index contributed by atoms with van der Waals surface area (Å²) in [6.07, 6.45) is 5.10. The molecule has 0 saturated carbocycles. The number of sulfonamides is 1. The standard InChI is InChI=1S/C18H19N3O3S3/c19-11-13-12-5-1-2-7-15(12)26-18(13)20-17(22)14-6-3-9-21(14)27(23,24)16-8-4-10-25-16/h4,8,10,14H,1-3,5-7,9H2,(H,20,22). The van der Waals surface area contributed by atoms with Gasteiger partial charge in [0.25, 0.3) is 10.0 Å². The van der Waals surface area contributed by atoms with Crippen molar-refractivity contribution in [3.8, 4) is 6.07 Å². The van der Waals surface area contributed by atoms with E-state index >= 15 is 0 Å². The Morgan fingerprint density at radius 3 is 2.85 bits per heavy atom. The fourth-order valence-corrected chi connectivity index (χ4v) is 7.80. The number of anilines is 1. The summed E-state index contributed by atoms with van der Waals surface area (Å²) < 4.78 is 27.3. The monoisotopic (exact) mass is 421 g/mol. The summed E-state index contributed by atoms with van der Waals surface area (Å²) in [5.41, 5.74) is 1.60. The lowest BCUT2D eigenvalue weighted by Crippen LogP contribution is -2.42. The number of aryl methyl sites for hydroxylation is 1. The molecule has 1 amide bonds. The maximum Gasteiger partial charge on any atom is 0.253 e. The second kappa shape index (κ2) is 7.36. The van der Waals surface area contributed by atoms with Gasteiger partial charge in [0.15, 0.2) is 0 Å². The number of fused-ring (bicyclic) bond motifs is 1. The summed E-state index contributed by atoms with van der Waals surface area (Å²) in [7, 11) is -3.67. The molecule has 6 nitrogen and oxygen atoms in total. The highest BCUT2D eigenvalue weighted by atomic mass is 32.2. The van der Waals surface area contributed by atoms with E-state index in [4.69, 9.17) is 0 Å². The van der Waals surface area contributed by atoms with E-state index in [0.717, 1.165) is 42.6 Å². The molecule has 0 aromatic carbocycles. The van der Waals surface area contributed by atoms with Gasteiger partial charge in [-0.1, -0.05) is 6.07 Å². The van der Waals surface area contributed by atoms with Crippen molar-refractivity contribution in [1.29, 1.82) is 5.26 Å². The first-order valence-corrected chi connectivity index (χ1v) is 12.1. The highest BCUT2D eigenvalue weighted by Gasteiger charge is 2.40. The van der Waals surface area contributed by atoms with E-state index in [1.54, 1.807) is 17.5 Å². The average Bonchev–Trinajstić information content (AvgIpc) is 3.40. The van der Waals surface area contributed by atoms with Gasteiger partial charge in [0.2, 0.25) is 5.91 Å². The molecule has 0 radical (unpaired) electrons. The van der Waals surface area contributed by atoms with E-state index in [1.807, 2.05) is 0 Å².